The van der Waals surface area contributed by atoms with Crippen LogP contribution in [-0.2, 0) is 30.0 Å². The molecule has 0 saturated carbocycles. The summed E-state index contributed by atoms with van der Waals surface area (Å²) in [5.41, 5.74) is 3.53. The minimum atomic E-state index is -1.12. The van der Waals surface area contributed by atoms with Gasteiger partial charge in [0.1, 0.15) is 5.65 Å². The van der Waals surface area contributed by atoms with Crippen LogP contribution in [0.15, 0.2) is 47.8 Å². The molecule has 164 valence electrons. The predicted molar refractivity (Wildman–Crippen MR) is 126 cm³/mol. The summed E-state index contributed by atoms with van der Waals surface area (Å²) in [5.74, 6) is 0.897. The molecule has 0 radical (unpaired) electrons. The van der Waals surface area contributed by atoms with Crippen molar-refractivity contribution in [3.05, 3.63) is 54.0 Å². The summed E-state index contributed by atoms with van der Waals surface area (Å²) in [7, 11) is -1.12. The summed E-state index contributed by atoms with van der Waals surface area (Å²) in [6, 6.07) is 8.73. The molecule has 1 aromatic carbocycles. The van der Waals surface area contributed by atoms with E-state index in [1.807, 2.05) is 31.4 Å². The quantitative estimate of drug-likeness (QED) is 0.442. The number of rotatable bonds is 3. The molecule has 1 aliphatic carbocycles. The minimum Gasteiger partial charge on any atom is -0.775 e. The first-order valence-electron chi connectivity index (χ1n) is 10.8. The number of anilines is 1. The number of piperidine rings is 1. The number of hydrogen-bond acceptors (Lipinski definition) is 5. The normalized spacial score (nSPS) is 20.8. The molecule has 1 N–H and O–H groups in total. The minimum absolute atomic E-state index is 0. The number of fused-ring (bicyclic) bond motifs is 2. The van der Waals surface area contributed by atoms with Gasteiger partial charge in [-0.2, -0.15) is 0 Å². The monoisotopic (exact) mass is 477 g/mol. The van der Waals surface area contributed by atoms with E-state index in [2.05, 4.69) is 43.9 Å². The number of aromatic nitrogens is 3. The van der Waals surface area contributed by atoms with Crippen molar-refractivity contribution < 1.29 is 33.8 Å². The van der Waals surface area contributed by atoms with E-state index in [-0.39, 0.29) is 45.8 Å². The molecule has 2 atom stereocenters. The summed E-state index contributed by atoms with van der Waals surface area (Å²) in [4.78, 5) is 12.0. The fourth-order valence-corrected chi connectivity index (χ4v) is 6.14. The van der Waals surface area contributed by atoms with Crippen LogP contribution in [-0.4, -0.2) is 36.4 Å². The van der Waals surface area contributed by atoms with Gasteiger partial charge in [0, 0.05) is 31.7 Å². The average Bonchev–Trinajstić information content (AvgIpc) is 3.33. The third-order valence-electron chi connectivity index (χ3n) is 6.72. The Morgan fingerprint density at radius 1 is 1.19 bits per heavy atom. The van der Waals surface area contributed by atoms with Gasteiger partial charge in [-0.1, -0.05) is 24.3 Å². The Bertz CT molecular complexity index is 1150. The van der Waals surface area contributed by atoms with E-state index in [1.165, 1.54) is 11.1 Å². The predicted octanol–water partition coefficient (Wildman–Crippen LogP) is 0.575. The third-order valence-corrected chi connectivity index (χ3v) is 8.57. The Morgan fingerprint density at radius 3 is 2.62 bits per heavy atom. The summed E-state index contributed by atoms with van der Waals surface area (Å²) in [6.45, 7) is 7.86. The fraction of sp³-hybridized carbons (Fsp3) is 0.478. The topological polar surface area (TPSA) is 62.5 Å². The van der Waals surface area contributed by atoms with Crippen LogP contribution in [0.2, 0.25) is 0 Å². The van der Waals surface area contributed by atoms with Gasteiger partial charge < -0.3 is 17.5 Å². The smallest absolute Gasteiger partial charge is 0.775 e. The SMILES string of the molecule is CC(C)(C)[S@@](=O)N[C@@H]1c2ccccc2CC12CCN(c1ncc([S-])c3nccn13)CC2.[Na+]. The first kappa shape index (κ1) is 24.1. The standard InChI is InChI=1S/C23H29N5OS2.Na/c1-22(2,3)31(29)26-19-17-7-5-4-6-16(17)14-23(19)8-11-27(12-9-23)21-25-15-18(30)20-24-10-13-28(20)21;/h4-7,10,13,15,19,26,30H,8-9,11-12,14H2,1-3H3;/q;+1/p-1/t19-,31-;/m1./s1. The van der Waals surface area contributed by atoms with Crippen molar-refractivity contribution in [2.75, 3.05) is 18.0 Å². The van der Waals surface area contributed by atoms with Crippen LogP contribution in [0.1, 0.15) is 50.8 Å². The van der Waals surface area contributed by atoms with Crippen molar-refractivity contribution in [2.45, 2.75) is 55.7 Å². The largest absolute Gasteiger partial charge is 1.00 e. The maximum absolute atomic E-state index is 13.1. The van der Waals surface area contributed by atoms with E-state index < -0.39 is 11.0 Å². The first-order chi connectivity index (χ1) is 14.8. The van der Waals surface area contributed by atoms with Crippen molar-refractivity contribution >= 4 is 35.2 Å². The van der Waals surface area contributed by atoms with Crippen molar-refractivity contribution in [1.82, 2.24) is 19.1 Å². The van der Waals surface area contributed by atoms with E-state index in [1.54, 1.807) is 12.4 Å². The molecule has 2 aliphatic rings. The number of imidazole rings is 1. The van der Waals surface area contributed by atoms with E-state index >= 15 is 0 Å². The molecular weight excluding hydrogens is 449 g/mol. The van der Waals surface area contributed by atoms with Crippen molar-refractivity contribution in [2.24, 2.45) is 5.41 Å². The van der Waals surface area contributed by atoms with Crippen LogP contribution in [0.3, 0.4) is 0 Å². The van der Waals surface area contributed by atoms with Crippen LogP contribution in [0.25, 0.3) is 5.65 Å². The number of nitrogens with zero attached hydrogens (tertiary/aromatic N) is 4. The van der Waals surface area contributed by atoms with Gasteiger partial charge in [-0.3, -0.25) is 4.40 Å². The molecule has 1 spiro atoms. The van der Waals surface area contributed by atoms with Crippen molar-refractivity contribution in [3.63, 3.8) is 0 Å². The Kier molecular flexibility index (Phi) is 6.75. The molecule has 3 heterocycles. The van der Waals surface area contributed by atoms with E-state index in [0.29, 0.717) is 4.90 Å². The maximum atomic E-state index is 13.1. The van der Waals surface area contributed by atoms with Gasteiger partial charge in [0.15, 0.2) is 0 Å². The van der Waals surface area contributed by atoms with E-state index in [4.69, 9.17) is 12.6 Å². The van der Waals surface area contributed by atoms with Gasteiger partial charge >= 0.3 is 29.6 Å². The molecule has 2 aromatic heterocycles. The molecule has 1 aliphatic heterocycles. The van der Waals surface area contributed by atoms with E-state index in [0.717, 1.165) is 43.9 Å². The summed E-state index contributed by atoms with van der Waals surface area (Å²) in [5, 5.41) is 0. The molecular formula is C23H28N5NaOS2. The molecule has 9 heteroatoms. The molecule has 0 amide bonds. The molecule has 0 unspecified atom stereocenters. The summed E-state index contributed by atoms with van der Waals surface area (Å²) < 4.78 is 18.3. The van der Waals surface area contributed by atoms with Gasteiger partial charge in [0.25, 0.3) is 0 Å². The fourth-order valence-electron chi connectivity index (χ4n) is 5.00. The Hall–Kier alpha value is -1.03. The summed E-state index contributed by atoms with van der Waals surface area (Å²) in [6.07, 6.45) is 8.48. The van der Waals surface area contributed by atoms with E-state index in [9.17, 15) is 4.21 Å². The maximum Gasteiger partial charge on any atom is 1.00 e. The number of nitrogens with one attached hydrogen (secondary N) is 1. The average molecular weight is 478 g/mol. The van der Waals surface area contributed by atoms with Crippen molar-refractivity contribution in [1.29, 1.82) is 0 Å². The molecule has 1 fully saturated rings. The van der Waals surface area contributed by atoms with Crippen LogP contribution in [0.5, 0.6) is 0 Å². The van der Waals surface area contributed by atoms with Crippen LogP contribution in [0.4, 0.5) is 5.95 Å². The molecule has 0 bridgehead atoms. The van der Waals surface area contributed by atoms with Gasteiger partial charge in [-0.05, 0) is 56.6 Å². The summed E-state index contributed by atoms with van der Waals surface area (Å²) >= 11 is 5.37. The van der Waals surface area contributed by atoms with Crippen LogP contribution >= 0.6 is 0 Å². The molecule has 3 aromatic rings. The van der Waals surface area contributed by atoms with Crippen LogP contribution in [0, 0.1) is 5.41 Å². The Morgan fingerprint density at radius 2 is 1.91 bits per heavy atom. The Labute approximate surface area is 219 Å². The zero-order chi connectivity index (χ0) is 21.8. The molecule has 32 heavy (non-hydrogen) atoms. The second kappa shape index (κ2) is 8.96. The first-order valence-corrected chi connectivity index (χ1v) is 12.3. The molecule has 6 nitrogen and oxygen atoms in total. The van der Waals surface area contributed by atoms with Crippen LogP contribution < -0.4 is 39.2 Å². The van der Waals surface area contributed by atoms with Gasteiger partial charge in [-0.15, -0.1) is 4.90 Å². The van der Waals surface area contributed by atoms with Gasteiger partial charge in [-0.25, -0.2) is 18.9 Å². The zero-order valence-corrected chi connectivity index (χ0v) is 22.8. The molecule has 5 rings (SSSR count). The van der Waals surface area contributed by atoms with Gasteiger partial charge in [0.2, 0.25) is 5.95 Å². The molecule has 1 saturated heterocycles. The number of benzene rings is 1. The third kappa shape index (κ3) is 4.14. The second-order valence-corrected chi connectivity index (χ2v) is 12.1. The number of hydrogen-bond donors (Lipinski definition) is 1. The van der Waals surface area contributed by atoms with Crippen molar-refractivity contribution in [3.8, 4) is 0 Å². The zero-order valence-electron chi connectivity index (χ0n) is 19.2. The second-order valence-electron chi connectivity index (χ2n) is 9.70. The van der Waals surface area contributed by atoms with Gasteiger partial charge in [0.05, 0.1) is 21.8 Å². The Balaban J connectivity index is 0.00000245.